The first kappa shape index (κ1) is 32.0. The molecule has 0 unspecified atom stereocenters. The first-order chi connectivity index (χ1) is 22.0. The Morgan fingerprint density at radius 2 is 1.76 bits per heavy atom. The second kappa shape index (κ2) is 13.0. The fourth-order valence-electron chi connectivity index (χ4n) is 6.20. The number of piperidine rings is 1. The molecule has 46 heavy (non-hydrogen) atoms. The lowest BCUT2D eigenvalue weighted by molar-refractivity contribution is -0.122. The number of sulfonamides is 1. The van der Waals surface area contributed by atoms with Crippen molar-refractivity contribution in [2.24, 2.45) is 11.7 Å². The molecule has 0 spiro atoms. The Labute approximate surface area is 277 Å². The van der Waals surface area contributed by atoms with E-state index in [-0.39, 0.29) is 45.4 Å². The number of carbonyl (C=O) groups excluding carboxylic acids is 1. The molecule has 4 N–H and O–H groups in total. The van der Waals surface area contributed by atoms with Crippen LogP contribution in [0.2, 0.25) is 10.0 Å². The van der Waals surface area contributed by atoms with Crippen molar-refractivity contribution in [2.75, 3.05) is 23.7 Å². The van der Waals surface area contributed by atoms with Crippen molar-refractivity contribution in [1.29, 1.82) is 5.26 Å². The lowest BCUT2D eigenvalue weighted by atomic mass is 9.85. The number of nitrogens with zero attached hydrogens (tertiary/aromatic N) is 6. The number of primary amides is 1. The predicted molar refractivity (Wildman–Crippen MR) is 177 cm³/mol. The minimum absolute atomic E-state index is 0.0633. The number of benzene rings is 2. The zero-order valence-electron chi connectivity index (χ0n) is 25.1. The molecule has 1 aliphatic carbocycles. The summed E-state index contributed by atoms with van der Waals surface area (Å²) in [5.74, 6) is 0.288. The second-order valence-corrected chi connectivity index (χ2v) is 14.6. The average molecular weight is 683 g/mol. The minimum Gasteiger partial charge on any atom is -0.369 e. The van der Waals surface area contributed by atoms with Crippen LogP contribution < -0.4 is 16.4 Å². The van der Waals surface area contributed by atoms with Crippen LogP contribution in [0.3, 0.4) is 0 Å². The molecule has 3 heterocycles. The molecule has 1 saturated heterocycles. The van der Waals surface area contributed by atoms with Crippen molar-refractivity contribution in [2.45, 2.75) is 62.4 Å². The number of aryl methyl sites for hydroxylation is 1. The number of fused-ring (bicyclic) bond motifs is 1. The van der Waals surface area contributed by atoms with Gasteiger partial charge in [-0.15, -0.1) is 0 Å². The van der Waals surface area contributed by atoms with Crippen LogP contribution in [0.4, 0.5) is 17.6 Å². The molecule has 12 nitrogen and oxygen atoms in total. The third-order valence-electron chi connectivity index (χ3n) is 8.68. The Balaban J connectivity index is 1.30. The number of nitrogens with two attached hydrogens (primary N) is 1. The van der Waals surface area contributed by atoms with Crippen LogP contribution in [0.1, 0.15) is 55.7 Å². The van der Waals surface area contributed by atoms with E-state index in [1.165, 1.54) is 16.4 Å². The summed E-state index contributed by atoms with van der Waals surface area (Å²) in [5.41, 5.74) is 8.40. The van der Waals surface area contributed by atoms with Crippen LogP contribution in [0.5, 0.6) is 0 Å². The van der Waals surface area contributed by atoms with Crippen LogP contribution >= 0.6 is 23.2 Å². The van der Waals surface area contributed by atoms with Crippen molar-refractivity contribution >= 4 is 67.9 Å². The normalized spacial score (nSPS) is 20.7. The van der Waals surface area contributed by atoms with Crippen LogP contribution in [0.15, 0.2) is 47.5 Å². The van der Waals surface area contributed by atoms with Crippen LogP contribution in [0, 0.1) is 24.2 Å². The van der Waals surface area contributed by atoms with Crippen molar-refractivity contribution in [3.63, 3.8) is 0 Å². The summed E-state index contributed by atoms with van der Waals surface area (Å²) in [4.78, 5) is 26.3. The topological polar surface area (TPSA) is 172 Å². The van der Waals surface area contributed by atoms with Crippen molar-refractivity contribution in [3.8, 4) is 6.07 Å². The third kappa shape index (κ3) is 6.48. The first-order valence-electron chi connectivity index (χ1n) is 15.1. The van der Waals surface area contributed by atoms with E-state index in [4.69, 9.17) is 38.9 Å². The van der Waals surface area contributed by atoms with Gasteiger partial charge in [-0.2, -0.15) is 14.6 Å². The molecule has 6 rings (SSSR count). The SMILES string of the molecule is Cc1ccc(S(=O)(=O)N2CCC[C@@H](Nc3ncc4nc(Nc5c(Cl)cc(C#N)cc5Cl)n([C@H]5CC[C@H](C(N)=O)CC5)c4n3)C2)cc1. The van der Waals surface area contributed by atoms with E-state index in [0.29, 0.717) is 73.0 Å². The number of amides is 1. The largest absolute Gasteiger partial charge is 0.369 e. The van der Waals surface area contributed by atoms with Gasteiger partial charge in [0.15, 0.2) is 5.65 Å². The molecular weight excluding hydrogens is 649 g/mol. The summed E-state index contributed by atoms with van der Waals surface area (Å²) in [6.45, 7) is 2.63. The Morgan fingerprint density at radius 1 is 1.07 bits per heavy atom. The number of aromatic nitrogens is 4. The van der Waals surface area contributed by atoms with Gasteiger partial charge in [0.25, 0.3) is 0 Å². The molecule has 1 saturated carbocycles. The van der Waals surface area contributed by atoms with Gasteiger partial charge >= 0.3 is 0 Å². The van der Waals surface area contributed by atoms with Gasteiger partial charge in [-0.1, -0.05) is 40.9 Å². The van der Waals surface area contributed by atoms with E-state index in [0.717, 1.165) is 12.0 Å². The van der Waals surface area contributed by atoms with E-state index < -0.39 is 10.0 Å². The van der Waals surface area contributed by atoms with E-state index in [9.17, 15) is 18.5 Å². The van der Waals surface area contributed by atoms with Gasteiger partial charge < -0.3 is 16.4 Å². The summed E-state index contributed by atoms with van der Waals surface area (Å²) in [5, 5.41) is 16.4. The second-order valence-electron chi connectivity index (χ2n) is 11.8. The zero-order chi connectivity index (χ0) is 32.6. The lowest BCUT2D eigenvalue weighted by Crippen LogP contribution is -2.45. The Morgan fingerprint density at radius 3 is 2.41 bits per heavy atom. The molecule has 2 aromatic heterocycles. The number of nitriles is 1. The van der Waals surface area contributed by atoms with Crippen molar-refractivity contribution in [1.82, 2.24) is 23.8 Å². The molecule has 15 heteroatoms. The zero-order valence-corrected chi connectivity index (χ0v) is 27.4. The van der Waals surface area contributed by atoms with E-state index >= 15 is 0 Å². The number of anilines is 3. The Kier molecular flexibility index (Phi) is 9.07. The molecule has 0 bridgehead atoms. The van der Waals surface area contributed by atoms with E-state index in [1.807, 2.05) is 17.6 Å². The van der Waals surface area contributed by atoms with Crippen LogP contribution in [-0.4, -0.2) is 57.3 Å². The van der Waals surface area contributed by atoms with Gasteiger partial charge in [-0.25, -0.2) is 18.4 Å². The maximum Gasteiger partial charge on any atom is 0.243 e. The minimum atomic E-state index is -3.65. The van der Waals surface area contributed by atoms with E-state index in [2.05, 4.69) is 15.6 Å². The fraction of sp³-hybridized carbons (Fsp3) is 0.387. The molecule has 1 amide bonds. The van der Waals surface area contributed by atoms with Gasteiger partial charge in [0, 0.05) is 31.1 Å². The highest BCUT2D eigenvalue weighted by Crippen LogP contribution is 2.39. The summed E-state index contributed by atoms with van der Waals surface area (Å²) in [6.07, 6.45) is 5.65. The average Bonchev–Trinajstić information content (AvgIpc) is 3.40. The van der Waals surface area contributed by atoms with Crippen molar-refractivity contribution in [3.05, 3.63) is 63.8 Å². The quantitative estimate of drug-likeness (QED) is 0.216. The summed E-state index contributed by atoms with van der Waals surface area (Å²) < 4.78 is 30.2. The monoisotopic (exact) mass is 681 g/mol. The number of imidazole rings is 1. The lowest BCUT2D eigenvalue weighted by Gasteiger charge is -2.32. The Bertz CT molecular complexity index is 1910. The molecular formula is C31H33Cl2N9O3S. The number of nitrogens with one attached hydrogen (secondary N) is 2. The van der Waals surface area contributed by atoms with Gasteiger partial charge in [-0.05, 0) is 69.7 Å². The smallest absolute Gasteiger partial charge is 0.243 e. The number of hydrogen-bond acceptors (Lipinski definition) is 9. The Hall–Kier alpha value is -3.96. The molecule has 2 aliphatic rings. The number of carbonyl (C=O) groups is 1. The third-order valence-corrected chi connectivity index (χ3v) is 11.2. The molecule has 2 fully saturated rings. The highest BCUT2D eigenvalue weighted by molar-refractivity contribution is 7.89. The number of halogens is 2. The number of rotatable bonds is 8. The van der Waals surface area contributed by atoms with Crippen LogP contribution in [0.25, 0.3) is 11.2 Å². The van der Waals surface area contributed by atoms with Crippen LogP contribution in [-0.2, 0) is 14.8 Å². The van der Waals surface area contributed by atoms with Gasteiger partial charge in [0.1, 0.15) is 5.52 Å². The molecule has 1 aliphatic heterocycles. The van der Waals surface area contributed by atoms with Crippen molar-refractivity contribution < 1.29 is 13.2 Å². The summed E-state index contributed by atoms with van der Waals surface area (Å²) in [7, 11) is -3.65. The summed E-state index contributed by atoms with van der Waals surface area (Å²) >= 11 is 13.0. The molecule has 0 radical (unpaired) electrons. The highest BCUT2D eigenvalue weighted by Gasteiger charge is 2.32. The van der Waals surface area contributed by atoms with Gasteiger partial charge in [0.2, 0.25) is 27.8 Å². The van der Waals surface area contributed by atoms with E-state index in [1.54, 1.807) is 30.5 Å². The molecule has 4 aromatic rings. The molecule has 240 valence electrons. The first-order valence-corrected chi connectivity index (χ1v) is 17.3. The maximum atomic E-state index is 13.4. The summed E-state index contributed by atoms with van der Waals surface area (Å²) in [6, 6.07) is 11.7. The standard InChI is InChI=1S/C31H33Cl2N9O3S/c1-18-4-10-23(11-5-18)46(44,45)41-12-2-3-21(17-41)37-30-36-16-26-29(40-30)42(22-8-6-20(7-9-22)28(35)43)31(38-26)39-27-24(32)13-19(15-34)14-25(27)33/h4-5,10-11,13-14,16,20-22H,2-3,6-9,12,17H2,1H3,(H2,35,43)(H,38,39)(H,36,37,40)/t20-,21-,22-/m1/s1. The number of hydrogen-bond donors (Lipinski definition) is 3. The molecule has 2 aromatic carbocycles. The maximum absolute atomic E-state index is 13.4. The molecule has 1 atom stereocenters. The van der Waals surface area contributed by atoms with Gasteiger partial charge in [-0.3, -0.25) is 9.36 Å². The predicted octanol–water partition coefficient (Wildman–Crippen LogP) is 5.54. The fourth-order valence-corrected chi connectivity index (χ4v) is 8.31. The van der Waals surface area contributed by atoms with Gasteiger partial charge in [0.05, 0.1) is 38.5 Å². The highest BCUT2D eigenvalue weighted by atomic mass is 35.5.